The van der Waals surface area contributed by atoms with E-state index < -0.39 is 5.92 Å². The summed E-state index contributed by atoms with van der Waals surface area (Å²) in [6.07, 6.45) is 1.67. The van der Waals surface area contributed by atoms with Gasteiger partial charge in [0.05, 0.1) is 10.9 Å². The van der Waals surface area contributed by atoms with Crippen LogP contribution in [0.15, 0.2) is 42.5 Å². The molecule has 2 N–H and O–H groups in total. The molecule has 2 fully saturated rings. The first-order valence-electron chi connectivity index (χ1n) is 9.32. The molecule has 0 aliphatic carbocycles. The Labute approximate surface area is 167 Å². The van der Waals surface area contributed by atoms with Crippen molar-refractivity contribution < 1.29 is 14.4 Å². The van der Waals surface area contributed by atoms with Crippen molar-refractivity contribution in [2.24, 2.45) is 0 Å². The monoisotopic (exact) mass is 397 g/mol. The number of nitrogens with zero attached hydrogens (tertiary/aromatic N) is 1. The smallest absolute Gasteiger partial charge is 0.321 e. The molecule has 2 aliphatic heterocycles. The lowest BCUT2D eigenvalue weighted by Gasteiger charge is -2.27. The van der Waals surface area contributed by atoms with Gasteiger partial charge in [0.1, 0.15) is 0 Å². The lowest BCUT2D eigenvalue weighted by atomic mass is 9.88. The van der Waals surface area contributed by atoms with Crippen LogP contribution in [-0.2, 0) is 9.59 Å². The Morgan fingerprint density at radius 1 is 1.04 bits per heavy atom. The molecule has 0 aromatic heterocycles. The maximum atomic E-state index is 12.2. The van der Waals surface area contributed by atoms with Crippen LogP contribution in [0, 0.1) is 0 Å². The lowest BCUT2D eigenvalue weighted by molar-refractivity contribution is -0.134. The van der Waals surface area contributed by atoms with Crippen molar-refractivity contribution in [3.8, 4) is 11.1 Å². The molecule has 4 rings (SSSR count). The molecule has 4 amide bonds. The first-order valence-corrected chi connectivity index (χ1v) is 9.70. The molecule has 0 bridgehead atoms. The van der Waals surface area contributed by atoms with Crippen molar-refractivity contribution in [3.05, 3.63) is 53.1 Å². The van der Waals surface area contributed by atoms with Gasteiger partial charge in [-0.25, -0.2) is 4.79 Å². The Kier molecular flexibility index (Phi) is 5.05. The Morgan fingerprint density at radius 2 is 1.82 bits per heavy atom. The molecule has 7 heteroatoms. The van der Waals surface area contributed by atoms with Gasteiger partial charge in [-0.05, 0) is 36.1 Å². The van der Waals surface area contributed by atoms with Crippen molar-refractivity contribution in [2.45, 2.75) is 25.2 Å². The highest BCUT2D eigenvalue weighted by Crippen LogP contribution is 2.37. The summed E-state index contributed by atoms with van der Waals surface area (Å²) < 4.78 is 0. The van der Waals surface area contributed by atoms with Crippen LogP contribution < -0.4 is 15.5 Å². The van der Waals surface area contributed by atoms with Crippen LogP contribution in [0.3, 0.4) is 0 Å². The topological polar surface area (TPSA) is 78.5 Å². The number of amides is 4. The van der Waals surface area contributed by atoms with Gasteiger partial charge < -0.3 is 5.32 Å². The van der Waals surface area contributed by atoms with Crippen molar-refractivity contribution in [3.63, 3.8) is 0 Å². The highest BCUT2D eigenvalue weighted by Gasteiger charge is 2.30. The molecule has 1 atom stereocenters. The lowest BCUT2D eigenvalue weighted by Crippen LogP contribution is -2.46. The predicted molar refractivity (Wildman–Crippen MR) is 107 cm³/mol. The van der Waals surface area contributed by atoms with Crippen LogP contribution in [0.25, 0.3) is 11.1 Å². The normalized spacial score (nSPS) is 20.0. The molecule has 28 heavy (non-hydrogen) atoms. The number of urea groups is 1. The summed E-state index contributed by atoms with van der Waals surface area (Å²) in [6, 6.07) is 13.2. The van der Waals surface area contributed by atoms with Gasteiger partial charge in [0.15, 0.2) is 0 Å². The van der Waals surface area contributed by atoms with Gasteiger partial charge in [0.2, 0.25) is 11.8 Å². The van der Waals surface area contributed by atoms with E-state index in [1.54, 1.807) is 4.90 Å². The van der Waals surface area contributed by atoms with Gasteiger partial charge in [0.25, 0.3) is 0 Å². The van der Waals surface area contributed by atoms with E-state index in [0.29, 0.717) is 31.0 Å². The van der Waals surface area contributed by atoms with Crippen LogP contribution in [-0.4, -0.2) is 30.9 Å². The van der Waals surface area contributed by atoms with E-state index in [1.807, 2.05) is 42.5 Å². The summed E-state index contributed by atoms with van der Waals surface area (Å²) in [4.78, 5) is 37.4. The van der Waals surface area contributed by atoms with Gasteiger partial charge in [-0.3, -0.25) is 19.8 Å². The van der Waals surface area contributed by atoms with E-state index in [-0.39, 0.29) is 17.8 Å². The van der Waals surface area contributed by atoms with E-state index in [1.165, 1.54) is 0 Å². The van der Waals surface area contributed by atoms with Crippen molar-refractivity contribution in [1.82, 2.24) is 10.6 Å². The summed E-state index contributed by atoms with van der Waals surface area (Å²) in [7, 11) is 0. The standard InChI is InChI=1S/C21H20ClN3O3/c22-19-15(3-1-4-16(19)17-9-10-18(26)24-20(17)27)13-5-7-14(8-6-13)25-12-2-11-23-21(25)28/h1,3-8,17H,2,9-12H2,(H,23,28)(H,24,26,27). The van der Waals surface area contributed by atoms with Crippen LogP contribution in [0.2, 0.25) is 5.02 Å². The van der Waals surface area contributed by atoms with E-state index in [0.717, 1.165) is 28.8 Å². The second-order valence-corrected chi connectivity index (χ2v) is 7.37. The largest absolute Gasteiger partial charge is 0.338 e. The minimum Gasteiger partial charge on any atom is -0.338 e. The third kappa shape index (κ3) is 3.47. The molecule has 144 valence electrons. The predicted octanol–water partition coefficient (Wildman–Crippen LogP) is 3.45. The molecule has 2 saturated heterocycles. The molecular formula is C21H20ClN3O3. The SMILES string of the molecule is O=C1CCC(c2cccc(-c3ccc(N4CCCNC4=O)cc3)c2Cl)C(=O)N1. The maximum absolute atomic E-state index is 12.2. The first kappa shape index (κ1) is 18.5. The van der Waals surface area contributed by atoms with Gasteiger partial charge in [-0.15, -0.1) is 0 Å². The van der Waals surface area contributed by atoms with E-state index in [4.69, 9.17) is 11.6 Å². The van der Waals surface area contributed by atoms with E-state index >= 15 is 0 Å². The molecular weight excluding hydrogens is 378 g/mol. The Morgan fingerprint density at radius 3 is 2.54 bits per heavy atom. The average molecular weight is 398 g/mol. The zero-order valence-corrected chi connectivity index (χ0v) is 16.0. The molecule has 2 aromatic rings. The number of halogens is 1. The molecule has 2 aliphatic rings. The van der Waals surface area contributed by atoms with Crippen LogP contribution >= 0.6 is 11.6 Å². The van der Waals surface area contributed by atoms with Crippen LogP contribution in [0.5, 0.6) is 0 Å². The zero-order valence-electron chi connectivity index (χ0n) is 15.2. The molecule has 0 radical (unpaired) electrons. The molecule has 2 aromatic carbocycles. The summed E-state index contributed by atoms with van der Waals surface area (Å²) in [5.41, 5.74) is 3.28. The van der Waals surface area contributed by atoms with Crippen molar-refractivity contribution in [2.75, 3.05) is 18.0 Å². The minimum absolute atomic E-state index is 0.0862. The van der Waals surface area contributed by atoms with Gasteiger partial charge >= 0.3 is 6.03 Å². The minimum atomic E-state index is -0.429. The Hall–Kier alpha value is -2.86. The highest BCUT2D eigenvalue weighted by molar-refractivity contribution is 6.34. The average Bonchev–Trinajstić information content (AvgIpc) is 2.69. The number of carbonyl (C=O) groups is 3. The fourth-order valence-electron chi connectivity index (χ4n) is 3.73. The molecule has 6 nitrogen and oxygen atoms in total. The van der Waals surface area contributed by atoms with E-state index in [9.17, 15) is 14.4 Å². The van der Waals surface area contributed by atoms with Crippen LogP contribution in [0.4, 0.5) is 10.5 Å². The van der Waals surface area contributed by atoms with Gasteiger partial charge in [-0.2, -0.15) is 0 Å². The number of hydrogen-bond donors (Lipinski definition) is 2. The number of nitrogens with one attached hydrogen (secondary N) is 2. The number of piperidine rings is 1. The number of carbonyl (C=O) groups excluding carboxylic acids is 3. The quantitative estimate of drug-likeness (QED) is 0.778. The molecule has 2 heterocycles. The third-order valence-corrected chi connectivity index (χ3v) is 5.63. The Balaban J connectivity index is 1.62. The third-order valence-electron chi connectivity index (χ3n) is 5.21. The summed E-state index contributed by atoms with van der Waals surface area (Å²) in [6.45, 7) is 1.40. The summed E-state index contributed by atoms with van der Waals surface area (Å²) in [5.74, 6) is -0.978. The first-order chi connectivity index (χ1) is 13.5. The van der Waals surface area contributed by atoms with Crippen molar-refractivity contribution in [1.29, 1.82) is 0 Å². The van der Waals surface area contributed by atoms with Crippen LogP contribution in [0.1, 0.15) is 30.7 Å². The highest BCUT2D eigenvalue weighted by atomic mass is 35.5. The number of rotatable bonds is 3. The number of hydrogen-bond acceptors (Lipinski definition) is 3. The molecule has 0 spiro atoms. The molecule has 0 saturated carbocycles. The van der Waals surface area contributed by atoms with Gasteiger partial charge in [-0.1, -0.05) is 41.9 Å². The fourth-order valence-corrected chi connectivity index (χ4v) is 4.10. The fraction of sp³-hybridized carbons (Fsp3) is 0.286. The van der Waals surface area contributed by atoms with Crippen molar-refractivity contribution >= 4 is 35.1 Å². The Bertz CT molecular complexity index is 942. The van der Waals surface area contributed by atoms with Gasteiger partial charge in [0, 0.05) is 30.8 Å². The number of benzene rings is 2. The number of imide groups is 1. The second-order valence-electron chi connectivity index (χ2n) is 7.00. The number of anilines is 1. The second kappa shape index (κ2) is 7.64. The summed E-state index contributed by atoms with van der Waals surface area (Å²) >= 11 is 6.65. The zero-order chi connectivity index (χ0) is 19.7. The summed E-state index contributed by atoms with van der Waals surface area (Å²) in [5, 5.41) is 5.74. The van der Waals surface area contributed by atoms with E-state index in [2.05, 4.69) is 10.6 Å². The maximum Gasteiger partial charge on any atom is 0.321 e. The molecule has 1 unspecified atom stereocenters.